The molecule has 4 heteroatoms. The molecule has 0 heterocycles. The molecule has 0 bridgehead atoms. The number of aryl methyl sites for hydroxylation is 2. The van der Waals surface area contributed by atoms with E-state index in [1.807, 2.05) is 19.1 Å². The molecule has 0 saturated heterocycles. The van der Waals surface area contributed by atoms with E-state index in [9.17, 15) is 4.79 Å². The summed E-state index contributed by atoms with van der Waals surface area (Å²) in [7, 11) is 0. The van der Waals surface area contributed by atoms with Gasteiger partial charge in [-0.15, -0.1) is 12.4 Å². The minimum Gasteiger partial charge on any atom is -0.366 e. The number of rotatable bonds is 7. The van der Waals surface area contributed by atoms with Crippen LogP contribution in [0.25, 0.3) is 11.1 Å². The first-order valence-electron chi connectivity index (χ1n) is 8.59. The van der Waals surface area contributed by atoms with Gasteiger partial charge in [0, 0.05) is 12.1 Å². The van der Waals surface area contributed by atoms with Gasteiger partial charge in [-0.05, 0) is 72.7 Å². The Bertz CT molecular complexity index is 726. The Kier molecular flexibility index (Phi) is 8.14. The summed E-state index contributed by atoms with van der Waals surface area (Å²) in [6.45, 7) is 10.6. The maximum atomic E-state index is 11.3. The molecule has 2 aromatic rings. The van der Waals surface area contributed by atoms with Crippen molar-refractivity contribution in [3.8, 4) is 11.1 Å². The number of carbonyl (C=O) groups is 1. The Hall–Kier alpha value is -1.84. The van der Waals surface area contributed by atoms with Crippen LogP contribution in [0.5, 0.6) is 0 Å². The standard InChI is InChI=1S/C21H28N2O.ClH/c1-14(2)9-10-23-13-17-5-7-19(15(3)11-17)20-8-6-18(21(22)24)12-16(20)4;/h5-8,11-12,14,23H,9-10,13H2,1-4H3,(H2,22,24);1H. The molecule has 2 aromatic carbocycles. The van der Waals surface area contributed by atoms with Crippen LogP contribution in [0.4, 0.5) is 0 Å². The van der Waals surface area contributed by atoms with Crippen molar-refractivity contribution < 1.29 is 4.79 Å². The molecule has 0 aliphatic rings. The minimum atomic E-state index is -0.385. The van der Waals surface area contributed by atoms with Gasteiger partial charge in [0.1, 0.15) is 0 Å². The highest BCUT2D eigenvalue weighted by atomic mass is 35.5. The lowest BCUT2D eigenvalue weighted by atomic mass is 9.94. The predicted molar refractivity (Wildman–Crippen MR) is 108 cm³/mol. The van der Waals surface area contributed by atoms with Crippen LogP contribution in [0.15, 0.2) is 36.4 Å². The molecule has 0 aromatic heterocycles. The third-order valence-corrected chi connectivity index (χ3v) is 4.32. The van der Waals surface area contributed by atoms with Crippen LogP contribution in [0, 0.1) is 19.8 Å². The van der Waals surface area contributed by atoms with Crippen molar-refractivity contribution in [1.29, 1.82) is 0 Å². The monoisotopic (exact) mass is 360 g/mol. The number of hydrogen-bond acceptors (Lipinski definition) is 2. The second-order valence-electron chi connectivity index (χ2n) is 6.90. The summed E-state index contributed by atoms with van der Waals surface area (Å²) in [4.78, 5) is 11.3. The fourth-order valence-corrected chi connectivity index (χ4v) is 2.88. The van der Waals surface area contributed by atoms with E-state index in [1.165, 1.54) is 23.1 Å². The summed E-state index contributed by atoms with van der Waals surface area (Å²) < 4.78 is 0. The zero-order chi connectivity index (χ0) is 17.7. The molecule has 0 aliphatic carbocycles. The molecule has 0 spiro atoms. The number of carbonyl (C=O) groups excluding carboxylic acids is 1. The summed E-state index contributed by atoms with van der Waals surface area (Å²) >= 11 is 0. The molecule has 2 rings (SSSR count). The van der Waals surface area contributed by atoms with E-state index in [4.69, 9.17) is 5.73 Å². The second-order valence-corrected chi connectivity index (χ2v) is 6.90. The first-order valence-corrected chi connectivity index (χ1v) is 8.59. The van der Waals surface area contributed by atoms with Gasteiger partial charge in [-0.1, -0.05) is 38.1 Å². The molecule has 0 atom stereocenters. The third kappa shape index (κ3) is 5.87. The van der Waals surface area contributed by atoms with Gasteiger partial charge in [-0.25, -0.2) is 0 Å². The van der Waals surface area contributed by atoms with Gasteiger partial charge in [0.05, 0.1) is 0 Å². The smallest absolute Gasteiger partial charge is 0.248 e. The molecule has 3 N–H and O–H groups in total. The largest absolute Gasteiger partial charge is 0.366 e. The van der Waals surface area contributed by atoms with E-state index in [1.54, 1.807) is 6.07 Å². The van der Waals surface area contributed by atoms with Crippen molar-refractivity contribution in [2.24, 2.45) is 11.7 Å². The highest BCUT2D eigenvalue weighted by Gasteiger charge is 2.09. The fourth-order valence-electron chi connectivity index (χ4n) is 2.88. The minimum absolute atomic E-state index is 0. The zero-order valence-corrected chi connectivity index (χ0v) is 16.4. The van der Waals surface area contributed by atoms with Crippen molar-refractivity contribution in [3.05, 3.63) is 58.7 Å². The number of primary amides is 1. The number of nitrogens with one attached hydrogen (secondary N) is 1. The first kappa shape index (κ1) is 21.2. The maximum absolute atomic E-state index is 11.3. The highest BCUT2D eigenvalue weighted by molar-refractivity contribution is 5.93. The van der Waals surface area contributed by atoms with Crippen LogP contribution < -0.4 is 11.1 Å². The highest BCUT2D eigenvalue weighted by Crippen LogP contribution is 2.28. The Morgan fingerprint density at radius 3 is 2.16 bits per heavy atom. The second kappa shape index (κ2) is 9.59. The average Bonchev–Trinajstić information content (AvgIpc) is 2.52. The Labute approximate surface area is 157 Å². The van der Waals surface area contributed by atoms with Crippen LogP contribution in [0.1, 0.15) is 47.3 Å². The maximum Gasteiger partial charge on any atom is 0.248 e. The van der Waals surface area contributed by atoms with Crippen molar-refractivity contribution in [2.75, 3.05) is 6.54 Å². The summed E-state index contributed by atoms with van der Waals surface area (Å²) in [5.41, 5.74) is 11.9. The van der Waals surface area contributed by atoms with Gasteiger partial charge in [-0.3, -0.25) is 4.79 Å². The summed E-state index contributed by atoms with van der Waals surface area (Å²) in [5, 5.41) is 3.50. The van der Waals surface area contributed by atoms with Crippen molar-refractivity contribution >= 4 is 18.3 Å². The summed E-state index contributed by atoms with van der Waals surface area (Å²) in [6.07, 6.45) is 1.20. The summed E-state index contributed by atoms with van der Waals surface area (Å²) in [6, 6.07) is 12.2. The lowest BCUT2D eigenvalue weighted by molar-refractivity contribution is 0.1000. The number of benzene rings is 2. The SMILES string of the molecule is Cc1cc(CNCCC(C)C)ccc1-c1ccc(C(N)=O)cc1C.Cl. The molecule has 25 heavy (non-hydrogen) atoms. The van der Waals surface area contributed by atoms with Gasteiger partial charge < -0.3 is 11.1 Å². The molecule has 1 amide bonds. The van der Waals surface area contributed by atoms with Gasteiger partial charge >= 0.3 is 0 Å². The predicted octanol–water partition coefficient (Wildman–Crippen LogP) is 4.63. The van der Waals surface area contributed by atoms with Crippen LogP contribution in [-0.2, 0) is 6.54 Å². The Morgan fingerprint density at radius 1 is 1.04 bits per heavy atom. The molecular weight excluding hydrogens is 332 g/mol. The summed E-state index contributed by atoms with van der Waals surface area (Å²) in [5.74, 6) is 0.345. The first-order chi connectivity index (χ1) is 11.4. The zero-order valence-electron chi connectivity index (χ0n) is 15.6. The van der Waals surface area contributed by atoms with Crippen LogP contribution in [0.2, 0.25) is 0 Å². The number of nitrogens with two attached hydrogens (primary N) is 1. The molecule has 136 valence electrons. The van der Waals surface area contributed by atoms with Gasteiger partial charge in [0.25, 0.3) is 0 Å². The molecular formula is C21H29ClN2O. The Morgan fingerprint density at radius 2 is 1.64 bits per heavy atom. The molecule has 0 unspecified atom stereocenters. The topological polar surface area (TPSA) is 55.1 Å². The quantitative estimate of drug-likeness (QED) is 0.707. The normalized spacial score (nSPS) is 10.6. The van der Waals surface area contributed by atoms with Crippen LogP contribution >= 0.6 is 12.4 Å². The van der Waals surface area contributed by atoms with Crippen molar-refractivity contribution in [2.45, 2.75) is 40.7 Å². The molecule has 3 nitrogen and oxygen atoms in total. The molecule has 0 fully saturated rings. The van der Waals surface area contributed by atoms with Gasteiger partial charge in [0.15, 0.2) is 0 Å². The van der Waals surface area contributed by atoms with Crippen molar-refractivity contribution in [1.82, 2.24) is 5.32 Å². The van der Waals surface area contributed by atoms with E-state index in [2.05, 4.69) is 44.3 Å². The third-order valence-electron chi connectivity index (χ3n) is 4.32. The van der Waals surface area contributed by atoms with Crippen LogP contribution in [-0.4, -0.2) is 12.5 Å². The van der Waals surface area contributed by atoms with E-state index in [-0.39, 0.29) is 18.3 Å². The number of halogens is 1. The lowest BCUT2D eigenvalue weighted by Gasteiger charge is -2.13. The van der Waals surface area contributed by atoms with E-state index in [0.29, 0.717) is 5.56 Å². The van der Waals surface area contributed by atoms with E-state index in [0.717, 1.165) is 30.1 Å². The molecule has 0 radical (unpaired) electrons. The Balaban J connectivity index is 0.00000312. The van der Waals surface area contributed by atoms with E-state index >= 15 is 0 Å². The average molecular weight is 361 g/mol. The van der Waals surface area contributed by atoms with E-state index < -0.39 is 0 Å². The number of hydrogen-bond donors (Lipinski definition) is 2. The van der Waals surface area contributed by atoms with Crippen molar-refractivity contribution in [3.63, 3.8) is 0 Å². The van der Waals surface area contributed by atoms with Crippen LogP contribution in [0.3, 0.4) is 0 Å². The molecule has 0 saturated carbocycles. The van der Waals surface area contributed by atoms with Gasteiger partial charge in [-0.2, -0.15) is 0 Å². The van der Waals surface area contributed by atoms with Gasteiger partial charge in [0.2, 0.25) is 5.91 Å². The molecule has 0 aliphatic heterocycles. The lowest BCUT2D eigenvalue weighted by Crippen LogP contribution is -2.16. The number of amides is 1. The fraction of sp³-hybridized carbons (Fsp3) is 0.381.